The van der Waals surface area contributed by atoms with E-state index in [2.05, 4.69) is 71.8 Å². The van der Waals surface area contributed by atoms with Crippen molar-refractivity contribution in [1.82, 2.24) is 9.55 Å². The molecule has 6 N–H and O–H groups in total. The Morgan fingerprint density at radius 3 is 1.68 bits per heavy atom. The van der Waals surface area contributed by atoms with Gasteiger partial charge in [-0.05, 0) is 83.1 Å². The average molecular weight is 1060 g/mol. The zero-order chi connectivity index (χ0) is 52.7. The van der Waals surface area contributed by atoms with Crippen molar-refractivity contribution in [2.45, 2.75) is 224 Å². The Morgan fingerprint density at radius 2 is 1.12 bits per heavy atom. The minimum absolute atomic E-state index is 0.0331. The number of aromatic nitrogens is 2. The fourth-order valence-corrected chi connectivity index (χ4v) is 9.84. The smallest absolute Gasteiger partial charge is 0.462 e. The predicted molar refractivity (Wildman–Crippen MR) is 279 cm³/mol. The van der Waals surface area contributed by atoms with E-state index in [1.54, 1.807) is 0 Å². The van der Waals surface area contributed by atoms with Crippen molar-refractivity contribution in [3.05, 3.63) is 71.4 Å². The Hall–Kier alpha value is -3.28. The summed E-state index contributed by atoms with van der Waals surface area (Å²) in [5.74, 6) is -1.32. The number of phosphoric acid groups is 2. The van der Waals surface area contributed by atoms with Crippen molar-refractivity contribution in [1.29, 1.82) is 0 Å². The molecule has 1 fully saturated rings. The maximum absolute atomic E-state index is 12.9. The minimum atomic E-state index is -5.43. The minimum Gasteiger partial charge on any atom is -0.462 e. The van der Waals surface area contributed by atoms with Gasteiger partial charge in [0.15, 0.2) is 12.3 Å². The Bertz CT molecular complexity index is 1890. The predicted octanol–water partition coefficient (Wildman–Crippen LogP) is 11.3. The number of carbonyl (C=O) groups excluding carboxylic acids is 2. The third-order valence-electron chi connectivity index (χ3n) is 11.9. The monoisotopic (exact) mass is 1060 g/mol. The van der Waals surface area contributed by atoms with E-state index in [4.69, 9.17) is 29.0 Å². The Kier molecular flexibility index (Phi) is 36.1. The first-order valence-corrected chi connectivity index (χ1v) is 29.6. The molecule has 0 aliphatic carbocycles. The fraction of sp³-hybridized carbons (Fsp3) is 0.731. The van der Waals surface area contributed by atoms with Gasteiger partial charge in [-0.15, -0.1) is 0 Å². The van der Waals surface area contributed by atoms with E-state index in [0.29, 0.717) is 12.8 Å². The molecule has 0 aromatic carbocycles. The number of unbranched alkanes of at least 4 members (excludes halogenated alkanes) is 20. The number of ether oxygens (including phenoxy) is 3. The van der Waals surface area contributed by atoms with Crippen LogP contribution in [0.4, 0.5) is 5.82 Å². The molecule has 0 saturated carbocycles. The summed E-state index contributed by atoms with van der Waals surface area (Å²) < 4.78 is 56.9. The molecule has 412 valence electrons. The molecule has 0 radical (unpaired) electrons. The molecule has 1 aliphatic heterocycles. The molecular formula is C52H89N3O15P2. The van der Waals surface area contributed by atoms with Crippen LogP contribution in [0, 0.1) is 0 Å². The summed E-state index contributed by atoms with van der Waals surface area (Å²) in [6.45, 7) is 2.12. The van der Waals surface area contributed by atoms with Crippen LogP contribution in [0.1, 0.15) is 200 Å². The molecule has 0 amide bonds. The van der Waals surface area contributed by atoms with Gasteiger partial charge < -0.3 is 39.9 Å². The van der Waals surface area contributed by atoms with E-state index in [9.17, 15) is 43.5 Å². The lowest BCUT2D eigenvalue weighted by Gasteiger charge is -2.21. The quantitative estimate of drug-likeness (QED) is 0.0176. The summed E-state index contributed by atoms with van der Waals surface area (Å²) in [6.07, 6.45) is 38.9. The van der Waals surface area contributed by atoms with E-state index in [1.165, 1.54) is 63.9 Å². The van der Waals surface area contributed by atoms with Crippen molar-refractivity contribution in [3.63, 3.8) is 0 Å². The average Bonchev–Trinajstić information content (AvgIpc) is 3.62. The molecule has 0 bridgehead atoms. The highest BCUT2D eigenvalue weighted by Gasteiger charge is 2.46. The topological polar surface area (TPSA) is 265 Å². The number of rotatable bonds is 44. The lowest BCUT2D eigenvalue weighted by molar-refractivity contribution is -0.161. The van der Waals surface area contributed by atoms with Gasteiger partial charge in [-0.2, -0.15) is 9.29 Å². The van der Waals surface area contributed by atoms with Gasteiger partial charge in [-0.3, -0.25) is 23.2 Å². The first kappa shape index (κ1) is 64.8. The second-order valence-corrected chi connectivity index (χ2v) is 21.4. The summed E-state index contributed by atoms with van der Waals surface area (Å²) in [6, 6.07) is 1.25. The molecular weight excluding hydrogens is 969 g/mol. The van der Waals surface area contributed by atoms with Gasteiger partial charge in [-0.1, -0.05) is 152 Å². The zero-order valence-electron chi connectivity index (χ0n) is 43.2. The third-order valence-corrected chi connectivity index (χ3v) is 14.5. The molecule has 3 unspecified atom stereocenters. The number of anilines is 1. The van der Waals surface area contributed by atoms with E-state index < -0.39 is 83.7 Å². The van der Waals surface area contributed by atoms with Gasteiger partial charge in [-0.25, -0.2) is 13.9 Å². The first-order valence-electron chi connectivity index (χ1n) is 26.6. The number of aliphatic hydroxyl groups is 2. The molecule has 1 saturated heterocycles. The molecule has 0 spiro atoms. The number of nitrogens with zero attached hydrogens (tertiary/aromatic N) is 2. The summed E-state index contributed by atoms with van der Waals surface area (Å²) in [4.78, 5) is 62.0. The Balaban J connectivity index is 1.79. The number of aliphatic hydroxyl groups excluding tert-OH is 2. The number of carbonyl (C=O) groups is 2. The lowest BCUT2D eigenvalue weighted by atomic mass is 10.1. The lowest BCUT2D eigenvalue weighted by Crippen LogP contribution is -2.36. The highest BCUT2D eigenvalue weighted by molar-refractivity contribution is 7.61. The normalized spacial score (nSPS) is 19.4. The second-order valence-electron chi connectivity index (χ2n) is 18.4. The van der Waals surface area contributed by atoms with Gasteiger partial charge in [0.2, 0.25) is 0 Å². The highest BCUT2D eigenvalue weighted by Crippen LogP contribution is 2.60. The van der Waals surface area contributed by atoms with Crippen molar-refractivity contribution in [2.75, 3.05) is 25.6 Å². The SMILES string of the molecule is CCCCCC=CCC=CCC=CCCCCCCCCC(=O)O[C@H](COC(=O)CCCCCCCC=CCCCCCCCC)COP(=O)(O)OP(=O)(O)OC[C@H]1O[C@@H](n2ccc(N)nc2=O)C(O)[C@H]1O. The van der Waals surface area contributed by atoms with Gasteiger partial charge in [0.25, 0.3) is 0 Å². The molecule has 72 heavy (non-hydrogen) atoms. The molecule has 1 aromatic rings. The number of nitrogen functional groups attached to an aromatic ring is 1. The van der Waals surface area contributed by atoms with Crippen LogP contribution in [0.25, 0.3) is 0 Å². The fourth-order valence-electron chi connectivity index (χ4n) is 7.73. The second kappa shape index (κ2) is 40.1. The molecule has 18 nitrogen and oxygen atoms in total. The number of phosphoric ester groups is 2. The Labute approximate surface area is 429 Å². The number of esters is 2. The van der Waals surface area contributed by atoms with Crippen molar-refractivity contribution < 1.29 is 66.3 Å². The maximum atomic E-state index is 12.9. The standard InChI is InChI=1S/C52H89N3O15P2/c1-3-5-7-9-11-13-15-17-19-20-21-22-24-26-28-30-32-34-36-38-48(57)68-44(41-65-47(56)37-35-33-31-29-27-25-23-18-16-14-12-10-8-6-4-2)42-66-71(61,62)70-72(63,64)67-43-45-49(58)50(59)51(69-45)55-40-39-46(53)54-52(55)60/h11,13,17-19,21-23,39-40,44-45,49-51,58-59H,3-10,12,14-16,20,24-38,41-43H2,1-2H3,(H,61,62)(H,63,64)(H2,53,54,60)/t44-,45-,49+,50?,51-/m1/s1. The first-order chi connectivity index (χ1) is 34.7. The largest absolute Gasteiger partial charge is 0.481 e. The number of hydrogen-bond acceptors (Lipinski definition) is 15. The molecule has 1 aromatic heterocycles. The van der Waals surface area contributed by atoms with Gasteiger partial charge >= 0.3 is 33.3 Å². The molecule has 1 aliphatic rings. The van der Waals surface area contributed by atoms with Gasteiger partial charge in [0.1, 0.15) is 30.7 Å². The van der Waals surface area contributed by atoms with Gasteiger partial charge in [0, 0.05) is 19.0 Å². The van der Waals surface area contributed by atoms with Crippen LogP contribution in [0.3, 0.4) is 0 Å². The van der Waals surface area contributed by atoms with E-state index >= 15 is 0 Å². The van der Waals surface area contributed by atoms with Crippen molar-refractivity contribution in [2.24, 2.45) is 0 Å². The van der Waals surface area contributed by atoms with Crippen LogP contribution in [-0.4, -0.2) is 85.7 Å². The summed E-state index contributed by atoms with van der Waals surface area (Å²) >= 11 is 0. The highest BCUT2D eigenvalue weighted by atomic mass is 31.3. The van der Waals surface area contributed by atoms with Gasteiger partial charge in [0.05, 0.1) is 13.2 Å². The summed E-state index contributed by atoms with van der Waals surface area (Å²) in [7, 11) is -10.9. The summed E-state index contributed by atoms with van der Waals surface area (Å²) in [5.41, 5.74) is 4.59. The number of allylic oxidation sites excluding steroid dienone is 8. The number of hydrogen-bond donors (Lipinski definition) is 5. The van der Waals surface area contributed by atoms with E-state index in [0.717, 1.165) is 107 Å². The van der Waals surface area contributed by atoms with E-state index in [1.807, 2.05) is 0 Å². The van der Waals surface area contributed by atoms with Crippen LogP contribution in [0.5, 0.6) is 0 Å². The van der Waals surface area contributed by atoms with Crippen LogP contribution in [0.2, 0.25) is 0 Å². The molecule has 7 atom stereocenters. The molecule has 2 heterocycles. The van der Waals surface area contributed by atoms with Crippen LogP contribution >= 0.6 is 15.6 Å². The maximum Gasteiger partial charge on any atom is 0.481 e. The van der Waals surface area contributed by atoms with Crippen LogP contribution in [0.15, 0.2) is 65.7 Å². The number of nitrogens with two attached hydrogens (primary N) is 1. The molecule has 2 rings (SSSR count). The third kappa shape index (κ3) is 32.1. The Morgan fingerprint density at radius 1 is 0.667 bits per heavy atom. The van der Waals surface area contributed by atoms with Crippen molar-refractivity contribution in [3.8, 4) is 0 Å². The van der Waals surface area contributed by atoms with Crippen LogP contribution < -0.4 is 11.4 Å². The zero-order valence-corrected chi connectivity index (χ0v) is 45.0. The summed E-state index contributed by atoms with van der Waals surface area (Å²) in [5, 5.41) is 20.9. The van der Waals surface area contributed by atoms with Crippen molar-refractivity contribution >= 4 is 33.4 Å². The van der Waals surface area contributed by atoms with Crippen LogP contribution in [-0.2, 0) is 46.3 Å². The molecule has 20 heteroatoms. The van der Waals surface area contributed by atoms with E-state index in [-0.39, 0.29) is 18.7 Å².